The van der Waals surface area contributed by atoms with Crippen LogP contribution in [0, 0.1) is 11.8 Å². The summed E-state index contributed by atoms with van der Waals surface area (Å²) >= 11 is 1.75. The van der Waals surface area contributed by atoms with Crippen LogP contribution in [0.1, 0.15) is 38.2 Å². The van der Waals surface area contributed by atoms with E-state index in [-0.39, 0.29) is 6.10 Å². The minimum atomic E-state index is -0.0623. The Morgan fingerprint density at radius 2 is 2.33 bits per heavy atom. The highest BCUT2D eigenvalue weighted by Crippen LogP contribution is 2.33. The second-order valence-corrected chi connectivity index (χ2v) is 5.53. The maximum absolute atomic E-state index is 9.98. The maximum atomic E-state index is 9.98. The van der Waals surface area contributed by atoms with Gasteiger partial charge in [0.05, 0.1) is 6.10 Å². The van der Waals surface area contributed by atoms with Gasteiger partial charge in [0.25, 0.3) is 0 Å². The fraction of sp³-hybridized carbons (Fsp3) is 0.692. The molecule has 2 heteroatoms. The molecule has 1 N–H and O–H groups in total. The molecule has 1 aromatic heterocycles. The van der Waals surface area contributed by atoms with E-state index in [9.17, 15) is 5.11 Å². The lowest BCUT2D eigenvalue weighted by Crippen LogP contribution is -2.30. The highest BCUT2D eigenvalue weighted by atomic mass is 32.1. The van der Waals surface area contributed by atoms with E-state index < -0.39 is 0 Å². The van der Waals surface area contributed by atoms with Gasteiger partial charge < -0.3 is 5.11 Å². The Hall–Kier alpha value is -0.340. The van der Waals surface area contributed by atoms with Crippen LogP contribution in [-0.4, -0.2) is 11.2 Å². The monoisotopic (exact) mass is 224 g/mol. The van der Waals surface area contributed by atoms with Crippen molar-refractivity contribution in [2.45, 2.75) is 45.1 Å². The van der Waals surface area contributed by atoms with Crippen LogP contribution in [0.2, 0.25) is 0 Å². The van der Waals surface area contributed by atoms with E-state index >= 15 is 0 Å². The Kier molecular flexibility index (Phi) is 3.81. The van der Waals surface area contributed by atoms with Gasteiger partial charge in [-0.15, -0.1) is 0 Å². The molecule has 1 heterocycles. The van der Waals surface area contributed by atoms with E-state index in [0.717, 1.165) is 18.8 Å². The summed E-state index contributed by atoms with van der Waals surface area (Å²) in [6.07, 6.45) is 5.72. The Morgan fingerprint density at radius 1 is 1.47 bits per heavy atom. The van der Waals surface area contributed by atoms with Gasteiger partial charge in [-0.25, -0.2) is 0 Å². The van der Waals surface area contributed by atoms with Gasteiger partial charge in [-0.05, 0) is 59.9 Å². The zero-order chi connectivity index (χ0) is 10.7. The number of thiophene rings is 1. The zero-order valence-electron chi connectivity index (χ0n) is 9.36. The van der Waals surface area contributed by atoms with Gasteiger partial charge in [0.2, 0.25) is 0 Å². The Bertz CT molecular complexity index is 281. The molecule has 2 rings (SSSR count). The first kappa shape index (κ1) is 11.2. The molecule has 1 fully saturated rings. The lowest BCUT2D eigenvalue weighted by atomic mass is 9.76. The first-order valence-electron chi connectivity index (χ1n) is 5.98. The minimum Gasteiger partial charge on any atom is -0.393 e. The third kappa shape index (κ3) is 2.82. The summed E-state index contributed by atoms with van der Waals surface area (Å²) in [4.78, 5) is 0. The number of rotatable bonds is 3. The molecular weight excluding hydrogens is 204 g/mol. The molecule has 0 aliphatic heterocycles. The maximum Gasteiger partial charge on any atom is 0.0571 e. The van der Waals surface area contributed by atoms with Crippen molar-refractivity contribution < 1.29 is 5.11 Å². The molecular formula is C13H20OS. The number of aliphatic hydroxyl groups is 1. The molecule has 0 spiro atoms. The van der Waals surface area contributed by atoms with Crippen molar-refractivity contribution in [1.29, 1.82) is 0 Å². The van der Waals surface area contributed by atoms with Crippen molar-refractivity contribution in [3.63, 3.8) is 0 Å². The molecule has 1 aromatic rings. The van der Waals surface area contributed by atoms with Crippen LogP contribution >= 0.6 is 11.3 Å². The van der Waals surface area contributed by atoms with E-state index in [0.29, 0.717) is 5.92 Å². The van der Waals surface area contributed by atoms with Crippen LogP contribution in [-0.2, 0) is 6.42 Å². The van der Waals surface area contributed by atoms with Crippen LogP contribution in [0.15, 0.2) is 16.8 Å². The van der Waals surface area contributed by atoms with Crippen LogP contribution in [0.3, 0.4) is 0 Å². The predicted molar refractivity (Wildman–Crippen MR) is 65.2 cm³/mol. The van der Waals surface area contributed by atoms with Gasteiger partial charge in [0.1, 0.15) is 0 Å². The van der Waals surface area contributed by atoms with Crippen LogP contribution < -0.4 is 0 Å². The highest BCUT2D eigenvalue weighted by Gasteiger charge is 2.28. The fourth-order valence-corrected chi connectivity index (χ4v) is 3.33. The fourth-order valence-electron chi connectivity index (χ4n) is 2.65. The second-order valence-electron chi connectivity index (χ2n) is 4.75. The summed E-state index contributed by atoms with van der Waals surface area (Å²) in [5.41, 5.74) is 1.40. The molecule has 0 bridgehead atoms. The largest absolute Gasteiger partial charge is 0.393 e. The highest BCUT2D eigenvalue weighted by molar-refractivity contribution is 7.07. The lowest BCUT2D eigenvalue weighted by molar-refractivity contribution is 0.0475. The van der Waals surface area contributed by atoms with Crippen LogP contribution in [0.25, 0.3) is 0 Å². The molecule has 1 saturated carbocycles. The molecule has 0 saturated heterocycles. The van der Waals surface area contributed by atoms with Crippen molar-refractivity contribution in [2.24, 2.45) is 11.8 Å². The van der Waals surface area contributed by atoms with Crippen molar-refractivity contribution in [1.82, 2.24) is 0 Å². The van der Waals surface area contributed by atoms with Gasteiger partial charge >= 0.3 is 0 Å². The molecule has 1 nitrogen and oxygen atoms in total. The van der Waals surface area contributed by atoms with Gasteiger partial charge in [-0.3, -0.25) is 0 Å². The number of aliphatic hydroxyl groups excluding tert-OH is 1. The first-order valence-corrected chi connectivity index (χ1v) is 6.93. The average Bonchev–Trinajstić information content (AvgIpc) is 2.74. The average molecular weight is 224 g/mol. The lowest BCUT2D eigenvalue weighted by Gasteiger charge is -2.32. The van der Waals surface area contributed by atoms with E-state index in [4.69, 9.17) is 0 Å². The number of hydrogen-bond acceptors (Lipinski definition) is 2. The summed E-state index contributed by atoms with van der Waals surface area (Å²) in [6.45, 7) is 2.27. The van der Waals surface area contributed by atoms with Crippen molar-refractivity contribution in [3.8, 4) is 0 Å². The Labute approximate surface area is 96.1 Å². The smallest absolute Gasteiger partial charge is 0.0571 e. The standard InChI is InChI=1S/C13H20OS/c1-2-10-3-4-13(14)12(7-10)8-11-5-6-15-9-11/h5-6,9-10,12-14H,2-4,7-8H2,1H3. The van der Waals surface area contributed by atoms with Crippen LogP contribution in [0.4, 0.5) is 0 Å². The Balaban J connectivity index is 1.94. The SMILES string of the molecule is CCC1CCC(O)C(Cc2ccsc2)C1. The quantitative estimate of drug-likeness (QED) is 0.833. The summed E-state index contributed by atoms with van der Waals surface area (Å²) in [7, 11) is 0. The summed E-state index contributed by atoms with van der Waals surface area (Å²) < 4.78 is 0. The van der Waals surface area contributed by atoms with E-state index in [1.54, 1.807) is 11.3 Å². The molecule has 1 aliphatic carbocycles. The number of hydrogen-bond donors (Lipinski definition) is 1. The summed E-state index contributed by atoms with van der Waals surface area (Å²) in [5, 5.41) is 14.3. The zero-order valence-corrected chi connectivity index (χ0v) is 10.2. The molecule has 0 aromatic carbocycles. The normalized spacial score (nSPS) is 31.7. The van der Waals surface area contributed by atoms with Gasteiger partial charge in [-0.2, -0.15) is 11.3 Å². The first-order chi connectivity index (χ1) is 7.29. The third-order valence-electron chi connectivity index (χ3n) is 3.71. The van der Waals surface area contributed by atoms with Gasteiger partial charge in [0.15, 0.2) is 0 Å². The van der Waals surface area contributed by atoms with Gasteiger partial charge in [-0.1, -0.05) is 13.3 Å². The van der Waals surface area contributed by atoms with Crippen molar-refractivity contribution in [2.75, 3.05) is 0 Å². The van der Waals surface area contributed by atoms with Crippen molar-refractivity contribution in [3.05, 3.63) is 22.4 Å². The molecule has 0 amide bonds. The molecule has 3 atom stereocenters. The van der Waals surface area contributed by atoms with Crippen molar-refractivity contribution >= 4 is 11.3 Å². The minimum absolute atomic E-state index is 0.0623. The van der Waals surface area contributed by atoms with E-state index in [1.165, 1.54) is 24.8 Å². The van der Waals surface area contributed by atoms with Gasteiger partial charge in [0, 0.05) is 0 Å². The van der Waals surface area contributed by atoms with E-state index in [1.807, 2.05) is 0 Å². The van der Waals surface area contributed by atoms with Crippen LogP contribution in [0.5, 0.6) is 0 Å². The molecule has 1 aliphatic rings. The van der Waals surface area contributed by atoms with E-state index in [2.05, 4.69) is 23.8 Å². The second kappa shape index (κ2) is 5.13. The summed E-state index contributed by atoms with van der Waals surface area (Å²) in [5.74, 6) is 1.34. The predicted octanol–water partition coefficient (Wildman–Crippen LogP) is 3.48. The molecule has 3 unspecified atom stereocenters. The molecule has 84 valence electrons. The molecule has 15 heavy (non-hydrogen) atoms. The third-order valence-corrected chi connectivity index (χ3v) is 4.44. The molecule has 0 radical (unpaired) electrons. The topological polar surface area (TPSA) is 20.2 Å². The Morgan fingerprint density at radius 3 is 3.00 bits per heavy atom. The summed E-state index contributed by atoms with van der Waals surface area (Å²) in [6, 6.07) is 2.19.